The fourth-order valence-corrected chi connectivity index (χ4v) is 4.47. The molecule has 6 nitrogen and oxygen atoms in total. The third kappa shape index (κ3) is 6.03. The smallest absolute Gasteiger partial charge is 0.355 e. The first-order valence-electron chi connectivity index (χ1n) is 11.8. The van der Waals surface area contributed by atoms with Crippen LogP contribution in [0, 0.1) is 18.2 Å². The number of amides is 2. The molecule has 36 heavy (non-hydrogen) atoms. The second kappa shape index (κ2) is 10.9. The lowest BCUT2D eigenvalue weighted by Crippen LogP contribution is -2.45. The number of aromatic nitrogens is 1. The molecule has 0 spiro atoms. The number of nitrogens with zero attached hydrogens (tertiary/aromatic N) is 2. The number of alkyl halides is 3. The van der Waals surface area contributed by atoms with Gasteiger partial charge in [-0.15, -0.1) is 0 Å². The molecule has 1 aromatic heterocycles. The van der Waals surface area contributed by atoms with Crippen molar-refractivity contribution in [2.45, 2.75) is 57.3 Å². The molecule has 0 bridgehead atoms. The normalized spacial score (nSPS) is 16.4. The lowest BCUT2D eigenvalue weighted by molar-refractivity contribution is -0.189. The van der Waals surface area contributed by atoms with Crippen molar-refractivity contribution in [3.8, 4) is 0 Å². The maximum atomic E-state index is 15.0. The van der Waals surface area contributed by atoms with E-state index in [9.17, 15) is 27.2 Å². The van der Waals surface area contributed by atoms with Gasteiger partial charge in [0, 0.05) is 31.9 Å². The molecule has 1 heterocycles. The van der Waals surface area contributed by atoms with Crippen LogP contribution in [0.25, 0.3) is 0 Å². The molecule has 0 radical (unpaired) electrons. The molecule has 2 amide bonds. The summed E-state index contributed by atoms with van der Waals surface area (Å²) in [5.74, 6) is -1.63. The topological polar surface area (TPSA) is 74.3 Å². The molecule has 1 saturated carbocycles. The number of carbonyl (C=O) groups is 2. The second-order valence-electron chi connectivity index (χ2n) is 9.64. The van der Waals surface area contributed by atoms with Crippen LogP contribution in [0.4, 0.5) is 17.6 Å². The highest BCUT2D eigenvalue weighted by atomic mass is 19.4. The zero-order valence-corrected chi connectivity index (χ0v) is 20.9. The third-order valence-electron chi connectivity index (χ3n) is 7.09. The maximum absolute atomic E-state index is 15.0. The van der Waals surface area contributed by atoms with Crippen molar-refractivity contribution in [1.82, 2.24) is 20.5 Å². The Bertz CT molecular complexity index is 1090. The number of likely N-dealkylation sites (N-methyl/N-ethyl adjacent to an activating group) is 1. The standard InChI is InChI=1S/C26H32F4N4O2/c1-16-17(7-8-19(22(16)27)24(36)31-2)14-20(34(3)4)23(18-6-5-13-32-15-18)33-21(35)9-10-25(11-12-25)26(28,29)30/h5-8,13,15,20,23H,9-12,14H2,1-4H3,(H,31,36)(H,33,35)/t20-,23-/m0/s1. The molecule has 196 valence electrons. The number of carbonyl (C=O) groups excluding carboxylic acids is 2. The molecule has 0 saturated heterocycles. The molecule has 0 unspecified atom stereocenters. The molecule has 0 aliphatic heterocycles. The number of halogens is 4. The van der Waals surface area contributed by atoms with Gasteiger partial charge in [-0.3, -0.25) is 14.6 Å². The van der Waals surface area contributed by atoms with Gasteiger partial charge < -0.3 is 15.5 Å². The SMILES string of the molecule is CNC(=O)c1ccc(C[C@@H]([C@@H](NC(=O)CCC2(C(F)(F)F)CC2)c2cccnc2)N(C)C)c(C)c1F. The predicted octanol–water partition coefficient (Wildman–Crippen LogP) is 4.34. The molecular formula is C26H32F4N4O2. The summed E-state index contributed by atoms with van der Waals surface area (Å²) in [7, 11) is 5.05. The van der Waals surface area contributed by atoms with Gasteiger partial charge in [0.25, 0.3) is 5.91 Å². The van der Waals surface area contributed by atoms with Crippen LogP contribution in [-0.4, -0.2) is 55.1 Å². The van der Waals surface area contributed by atoms with Gasteiger partial charge >= 0.3 is 6.18 Å². The van der Waals surface area contributed by atoms with Crippen molar-refractivity contribution < 1.29 is 27.2 Å². The van der Waals surface area contributed by atoms with Crippen molar-refractivity contribution in [3.05, 3.63) is 64.7 Å². The maximum Gasteiger partial charge on any atom is 0.394 e. The van der Waals surface area contributed by atoms with Gasteiger partial charge in [0.15, 0.2) is 0 Å². The third-order valence-corrected chi connectivity index (χ3v) is 7.09. The predicted molar refractivity (Wildman–Crippen MR) is 128 cm³/mol. The Morgan fingerprint density at radius 2 is 1.89 bits per heavy atom. The summed E-state index contributed by atoms with van der Waals surface area (Å²) in [6.45, 7) is 1.59. The highest BCUT2D eigenvalue weighted by Crippen LogP contribution is 2.60. The fourth-order valence-electron chi connectivity index (χ4n) is 4.47. The van der Waals surface area contributed by atoms with Crippen LogP contribution in [0.5, 0.6) is 0 Å². The van der Waals surface area contributed by atoms with Crippen molar-refractivity contribution in [2.75, 3.05) is 21.1 Å². The van der Waals surface area contributed by atoms with E-state index in [1.54, 1.807) is 37.5 Å². The molecule has 1 aliphatic carbocycles. The Hall–Kier alpha value is -3.01. The molecule has 2 N–H and O–H groups in total. The zero-order valence-electron chi connectivity index (χ0n) is 20.9. The first kappa shape index (κ1) is 27.6. The van der Waals surface area contributed by atoms with E-state index >= 15 is 0 Å². The lowest BCUT2D eigenvalue weighted by Gasteiger charge is -2.34. The minimum atomic E-state index is -4.31. The molecule has 2 aromatic rings. The van der Waals surface area contributed by atoms with Crippen LogP contribution < -0.4 is 10.6 Å². The average Bonchev–Trinajstić information content (AvgIpc) is 3.64. The van der Waals surface area contributed by atoms with E-state index < -0.39 is 35.3 Å². The molecule has 1 aliphatic rings. The minimum absolute atomic E-state index is 0.0486. The molecule has 3 rings (SSSR count). The summed E-state index contributed by atoms with van der Waals surface area (Å²) < 4.78 is 54.9. The van der Waals surface area contributed by atoms with Crippen molar-refractivity contribution in [1.29, 1.82) is 0 Å². The summed E-state index contributed by atoms with van der Waals surface area (Å²) >= 11 is 0. The van der Waals surface area contributed by atoms with E-state index in [0.29, 0.717) is 23.1 Å². The quantitative estimate of drug-likeness (QED) is 0.469. The molecular weight excluding hydrogens is 476 g/mol. The van der Waals surface area contributed by atoms with Crippen molar-refractivity contribution >= 4 is 11.8 Å². The fraction of sp³-hybridized carbons (Fsp3) is 0.500. The highest BCUT2D eigenvalue weighted by Gasteiger charge is 2.62. The average molecular weight is 509 g/mol. The van der Waals surface area contributed by atoms with Crippen molar-refractivity contribution in [2.24, 2.45) is 5.41 Å². The van der Waals surface area contributed by atoms with Crippen LogP contribution >= 0.6 is 0 Å². The number of pyridine rings is 1. The van der Waals surface area contributed by atoms with Gasteiger partial charge in [-0.25, -0.2) is 4.39 Å². The summed E-state index contributed by atoms with van der Waals surface area (Å²) in [6.07, 6.45) is -1.21. The van der Waals surface area contributed by atoms with Crippen LogP contribution in [0.2, 0.25) is 0 Å². The zero-order chi connectivity index (χ0) is 26.7. The highest BCUT2D eigenvalue weighted by molar-refractivity contribution is 5.94. The van der Waals surface area contributed by atoms with Gasteiger partial charge in [-0.05, 0) is 75.5 Å². The molecule has 1 aromatic carbocycles. The first-order valence-corrected chi connectivity index (χ1v) is 11.8. The molecule has 10 heteroatoms. The van der Waals surface area contributed by atoms with Gasteiger partial charge in [-0.1, -0.05) is 12.1 Å². The summed E-state index contributed by atoms with van der Waals surface area (Å²) in [5.41, 5.74) is -0.162. The van der Waals surface area contributed by atoms with Crippen LogP contribution in [0.15, 0.2) is 36.7 Å². The van der Waals surface area contributed by atoms with E-state index in [-0.39, 0.29) is 37.3 Å². The van der Waals surface area contributed by atoms with E-state index in [1.807, 2.05) is 19.0 Å². The van der Waals surface area contributed by atoms with E-state index in [0.717, 1.165) is 0 Å². The first-order chi connectivity index (χ1) is 16.9. The van der Waals surface area contributed by atoms with Gasteiger partial charge in [0.05, 0.1) is 17.0 Å². The van der Waals surface area contributed by atoms with Gasteiger partial charge in [0.1, 0.15) is 5.82 Å². The van der Waals surface area contributed by atoms with Gasteiger partial charge in [0.2, 0.25) is 5.91 Å². The number of nitrogens with one attached hydrogen (secondary N) is 2. The number of benzene rings is 1. The lowest BCUT2D eigenvalue weighted by atomic mass is 9.90. The number of hydrogen-bond donors (Lipinski definition) is 2. The van der Waals surface area contributed by atoms with Crippen LogP contribution in [-0.2, 0) is 11.2 Å². The Morgan fingerprint density at radius 3 is 2.42 bits per heavy atom. The minimum Gasteiger partial charge on any atom is -0.355 e. The van der Waals surface area contributed by atoms with E-state index in [1.165, 1.54) is 13.1 Å². The largest absolute Gasteiger partial charge is 0.394 e. The van der Waals surface area contributed by atoms with E-state index in [4.69, 9.17) is 0 Å². The van der Waals surface area contributed by atoms with E-state index in [2.05, 4.69) is 15.6 Å². The monoisotopic (exact) mass is 508 g/mol. The summed E-state index contributed by atoms with van der Waals surface area (Å²) in [5, 5.41) is 5.33. The van der Waals surface area contributed by atoms with Crippen LogP contribution in [0.3, 0.4) is 0 Å². The van der Waals surface area contributed by atoms with Gasteiger partial charge in [-0.2, -0.15) is 13.2 Å². The van der Waals surface area contributed by atoms with Crippen LogP contribution in [0.1, 0.15) is 58.8 Å². The summed E-state index contributed by atoms with van der Waals surface area (Å²) in [6, 6.07) is 5.62. The Morgan fingerprint density at radius 1 is 1.19 bits per heavy atom. The number of hydrogen-bond acceptors (Lipinski definition) is 4. The van der Waals surface area contributed by atoms with Crippen molar-refractivity contribution in [3.63, 3.8) is 0 Å². The molecule has 1 fully saturated rings. The summed E-state index contributed by atoms with van der Waals surface area (Å²) in [4.78, 5) is 30.8. The Balaban J connectivity index is 1.85. The second-order valence-corrected chi connectivity index (χ2v) is 9.64. The Kier molecular flexibility index (Phi) is 8.38. The Labute approximate surface area is 208 Å². The molecule has 2 atom stereocenters. The number of rotatable bonds is 10.